The molecule has 0 radical (unpaired) electrons. The van der Waals surface area contributed by atoms with Gasteiger partial charge in [-0.25, -0.2) is 0 Å². The van der Waals surface area contributed by atoms with E-state index in [0.29, 0.717) is 6.04 Å². The third kappa shape index (κ3) is 4.08. The maximum atomic E-state index is 4.45. The first kappa shape index (κ1) is 16.8. The van der Waals surface area contributed by atoms with Crippen molar-refractivity contribution in [3.63, 3.8) is 0 Å². The van der Waals surface area contributed by atoms with Gasteiger partial charge in [-0.05, 0) is 29.7 Å². The molecule has 0 aromatic heterocycles. The van der Waals surface area contributed by atoms with Gasteiger partial charge >= 0.3 is 0 Å². The average molecular weight is 265 g/mol. The van der Waals surface area contributed by atoms with Crippen molar-refractivity contribution in [3.05, 3.63) is 12.2 Å². The lowest BCUT2D eigenvalue weighted by atomic mass is 9.62. The molecular weight excluding hydrogens is 230 g/mol. The zero-order chi connectivity index (χ0) is 14.7. The molecule has 0 aromatic rings. The quantitative estimate of drug-likeness (QED) is 0.653. The highest BCUT2D eigenvalue weighted by Crippen LogP contribution is 2.44. The van der Waals surface area contributed by atoms with Crippen LogP contribution in [0, 0.1) is 16.7 Å². The minimum atomic E-state index is 0.221. The minimum Gasteiger partial charge on any atom is -0.310 e. The van der Waals surface area contributed by atoms with Crippen molar-refractivity contribution in [2.75, 3.05) is 6.54 Å². The summed E-state index contributed by atoms with van der Waals surface area (Å²) in [6.07, 6.45) is 6.89. The lowest BCUT2D eigenvalue weighted by Crippen LogP contribution is -2.50. The molecule has 1 nitrogen and oxygen atoms in total. The molecule has 1 aliphatic rings. The van der Waals surface area contributed by atoms with Crippen LogP contribution in [0.5, 0.6) is 0 Å². The van der Waals surface area contributed by atoms with Gasteiger partial charge in [-0.2, -0.15) is 0 Å². The molecule has 1 aliphatic carbocycles. The van der Waals surface area contributed by atoms with Crippen LogP contribution in [-0.2, 0) is 0 Å². The van der Waals surface area contributed by atoms with Crippen LogP contribution >= 0.6 is 0 Å². The minimum absolute atomic E-state index is 0.221. The molecule has 1 saturated carbocycles. The van der Waals surface area contributed by atoms with E-state index in [4.69, 9.17) is 0 Å². The largest absolute Gasteiger partial charge is 0.310 e. The van der Waals surface area contributed by atoms with Crippen molar-refractivity contribution in [2.45, 2.75) is 79.7 Å². The first-order valence-electron chi connectivity index (χ1n) is 8.11. The van der Waals surface area contributed by atoms with Crippen LogP contribution in [-0.4, -0.2) is 12.6 Å². The van der Waals surface area contributed by atoms with Crippen LogP contribution < -0.4 is 5.32 Å². The second kappa shape index (κ2) is 6.43. The van der Waals surface area contributed by atoms with E-state index in [0.717, 1.165) is 12.5 Å². The maximum Gasteiger partial charge on any atom is 0.0333 e. The molecule has 1 atom stereocenters. The van der Waals surface area contributed by atoms with E-state index in [1.807, 2.05) is 0 Å². The van der Waals surface area contributed by atoms with Crippen molar-refractivity contribution in [1.29, 1.82) is 0 Å². The van der Waals surface area contributed by atoms with Crippen LogP contribution in [0.25, 0.3) is 0 Å². The molecule has 0 spiro atoms. The molecule has 0 saturated heterocycles. The Morgan fingerprint density at radius 1 is 1.16 bits per heavy atom. The number of rotatable bonds is 6. The summed E-state index contributed by atoms with van der Waals surface area (Å²) in [5.74, 6) is 0.893. The van der Waals surface area contributed by atoms with Gasteiger partial charge in [0.15, 0.2) is 0 Å². The molecule has 0 heterocycles. The van der Waals surface area contributed by atoms with E-state index >= 15 is 0 Å². The van der Waals surface area contributed by atoms with E-state index in [-0.39, 0.29) is 10.8 Å². The average Bonchev–Trinajstić information content (AvgIpc) is 2.76. The molecule has 1 rings (SSSR count). The zero-order valence-electron chi connectivity index (χ0n) is 14.1. The Morgan fingerprint density at radius 2 is 1.68 bits per heavy atom. The summed E-state index contributed by atoms with van der Waals surface area (Å²) in [6, 6.07) is 0.429. The van der Waals surface area contributed by atoms with Crippen LogP contribution in [0.15, 0.2) is 12.2 Å². The number of likely N-dealkylation sites (N-methyl/N-ethyl adjacent to an activating group) is 1. The van der Waals surface area contributed by atoms with Gasteiger partial charge in [0.2, 0.25) is 0 Å². The summed E-state index contributed by atoms with van der Waals surface area (Å²) in [5.41, 5.74) is 1.92. The summed E-state index contributed by atoms with van der Waals surface area (Å²) in [5, 5.41) is 3.70. The fourth-order valence-corrected chi connectivity index (χ4v) is 3.25. The second-order valence-corrected chi connectivity index (χ2v) is 7.98. The lowest BCUT2D eigenvalue weighted by molar-refractivity contribution is 0.0920. The first-order chi connectivity index (χ1) is 8.70. The summed E-state index contributed by atoms with van der Waals surface area (Å²) in [4.78, 5) is 0. The van der Waals surface area contributed by atoms with E-state index in [9.17, 15) is 0 Å². The molecule has 0 amide bonds. The van der Waals surface area contributed by atoms with Gasteiger partial charge in [0.05, 0.1) is 0 Å². The molecule has 1 heteroatoms. The molecule has 1 unspecified atom stereocenters. The van der Waals surface area contributed by atoms with Gasteiger partial charge in [-0.3, -0.25) is 0 Å². The van der Waals surface area contributed by atoms with E-state index in [1.165, 1.54) is 37.7 Å². The highest BCUT2D eigenvalue weighted by Gasteiger charge is 2.41. The highest BCUT2D eigenvalue weighted by molar-refractivity contribution is 5.14. The Kier molecular flexibility index (Phi) is 5.67. The van der Waals surface area contributed by atoms with Gasteiger partial charge in [-0.15, -0.1) is 0 Å². The zero-order valence-corrected chi connectivity index (χ0v) is 14.1. The fraction of sp³-hybridized carbons (Fsp3) is 0.889. The van der Waals surface area contributed by atoms with Gasteiger partial charge in [0.1, 0.15) is 0 Å². The number of nitrogens with one attached hydrogen (secondary N) is 1. The van der Waals surface area contributed by atoms with E-state index in [2.05, 4.69) is 53.4 Å². The van der Waals surface area contributed by atoms with Crippen molar-refractivity contribution in [3.8, 4) is 0 Å². The lowest BCUT2D eigenvalue weighted by Gasteiger charge is -2.46. The Labute approximate surface area is 121 Å². The maximum absolute atomic E-state index is 4.45. The Balaban J connectivity index is 2.78. The first-order valence-corrected chi connectivity index (χ1v) is 8.11. The topological polar surface area (TPSA) is 12.0 Å². The normalized spacial score (nSPS) is 19.7. The number of hydrogen-bond donors (Lipinski definition) is 1. The third-order valence-electron chi connectivity index (χ3n) is 5.50. The fourth-order valence-electron chi connectivity index (χ4n) is 3.25. The van der Waals surface area contributed by atoms with Crippen molar-refractivity contribution >= 4 is 0 Å². The van der Waals surface area contributed by atoms with E-state index in [1.54, 1.807) is 0 Å². The standard InChI is InChI=1S/C18H35N/c1-8-19-16(18(6,7)17(3,4)5)14(2)13-15-11-9-10-12-15/h15-16,19H,2,8-13H2,1,3-7H3. The highest BCUT2D eigenvalue weighted by atomic mass is 14.9. The number of hydrogen-bond acceptors (Lipinski definition) is 1. The third-order valence-corrected chi connectivity index (χ3v) is 5.50. The smallest absolute Gasteiger partial charge is 0.0333 e. The molecule has 112 valence electrons. The second-order valence-electron chi connectivity index (χ2n) is 7.98. The molecule has 0 bridgehead atoms. The van der Waals surface area contributed by atoms with Crippen LogP contribution in [0.4, 0.5) is 0 Å². The molecule has 1 N–H and O–H groups in total. The van der Waals surface area contributed by atoms with Crippen molar-refractivity contribution < 1.29 is 0 Å². The monoisotopic (exact) mass is 265 g/mol. The van der Waals surface area contributed by atoms with Crippen LogP contribution in [0.3, 0.4) is 0 Å². The van der Waals surface area contributed by atoms with Crippen LogP contribution in [0.1, 0.15) is 73.6 Å². The van der Waals surface area contributed by atoms with E-state index < -0.39 is 0 Å². The molecule has 1 fully saturated rings. The summed E-state index contributed by atoms with van der Waals surface area (Å²) < 4.78 is 0. The van der Waals surface area contributed by atoms with Crippen LogP contribution in [0.2, 0.25) is 0 Å². The Bertz CT molecular complexity index is 289. The van der Waals surface area contributed by atoms with Gasteiger partial charge < -0.3 is 5.32 Å². The summed E-state index contributed by atoms with van der Waals surface area (Å²) >= 11 is 0. The predicted octanol–water partition coefficient (Wildman–Crippen LogP) is 5.17. The molecule has 0 aromatic carbocycles. The SMILES string of the molecule is C=C(CC1CCCC1)C(NCC)C(C)(C)C(C)(C)C. The van der Waals surface area contributed by atoms with Gasteiger partial charge in [-0.1, -0.05) is 79.4 Å². The van der Waals surface area contributed by atoms with Crippen molar-refractivity contribution in [2.24, 2.45) is 16.7 Å². The molecular formula is C18H35N. The summed E-state index contributed by atoms with van der Waals surface area (Å²) in [7, 11) is 0. The van der Waals surface area contributed by atoms with Gasteiger partial charge in [0.25, 0.3) is 0 Å². The predicted molar refractivity (Wildman–Crippen MR) is 86.4 cm³/mol. The Morgan fingerprint density at radius 3 is 2.11 bits per heavy atom. The van der Waals surface area contributed by atoms with Gasteiger partial charge in [0, 0.05) is 6.04 Å². The molecule has 0 aliphatic heterocycles. The summed E-state index contributed by atoms with van der Waals surface area (Å²) in [6.45, 7) is 19.5. The molecule has 19 heavy (non-hydrogen) atoms. The van der Waals surface area contributed by atoms with Crippen molar-refractivity contribution in [1.82, 2.24) is 5.32 Å². The Hall–Kier alpha value is -0.300.